The summed E-state index contributed by atoms with van der Waals surface area (Å²) < 4.78 is 4.84. The number of carbonyl (C=O) groups excluding carboxylic acids is 2. The summed E-state index contributed by atoms with van der Waals surface area (Å²) in [7, 11) is 0. The molecule has 0 fully saturated rings. The van der Waals surface area contributed by atoms with Crippen LogP contribution in [0.4, 0.5) is 0 Å². The molecule has 0 saturated carbocycles. The summed E-state index contributed by atoms with van der Waals surface area (Å²) in [6, 6.07) is 0. The van der Waals surface area contributed by atoms with Crippen LogP contribution in [0, 0.1) is 5.92 Å². The first kappa shape index (κ1) is 12.1. The van der Waals surface area contributed by atoms with Crippen LogP contribution < -0.4 is 0 Å². The van der Waals surface area contributed by atoms with Gasteiger partial charge in [0.1, 0.15) is 12.2 Å². The molecule has 0 N–H and O–H groups in total. The monoisotopic (exact) mass is 186 g/mol. The van der Waals surface area contributed by atoms with Crippen molar-refractivity contribution in [1.82, 2.24) is 0 Å². The van der Waals surface area contributed by atoms with Crippen molar-refractivity contribution in [3.63, 3.8) is 0 Å². The highest BCUT2D eigenvalue weighted by Crippen LogP contribution is 2.00. The third-order valence-corrected chi connectivity index (χ3v) is 1.72. The lowest BCUT2D eigenvalue weighted by atomic mass is 10.1. The lowest BCUT2D eigenvalue weighted by Crippen LogP contribution is -2.15. The Labute approximate surface area is 79.5 Å². The molecule has 3 nitrogen and oxygen atoms in total. The van der Waals surface area contributed by atoms with E-state index in [1.54, 1.807) is 13.8 Å². The zero-order valence-electron chi connectivity index (χ0n) is 8.63. The molecule has 0 radical (unpaired) electrons. The van der Waals surface area contributed by atoms with E-state index in [0.717, 1.165) is 12.8 Å². The van der Waals surface area contributed by atoms with E-state index in [9.17, 15) is 9.59 Å². The van der Waals surface area contributed by atoms with Gasteiger partial charge in [-0.3, -0.25) is 9.59 Å². The third-order valence-electron chi connectivity index (χ3n) is 1.72. The molecule has 0 aliphatic heterocycles. The number of hydrogen-bond donors (Lipinski definition) is 0. The maximum atomic E-state index is 11.1. The minimum absolute atomic E-state index is 0.0542. The number of ether oxygens (including phenoxy) is 1. The van der Waals surface area contributed by atoms with Crippen molar-refractivity contribution in [1.29, 1.82) is 0 Å². The van der Waals surface area contributed by atoms with Crippen molar-refractivity contribution in [3.8, 4) is 0 Å². The van der Waals surface area contributed by atoms with Gasteiger partial charge >= 0.3 is 5.97 Å². The summed E-state index contributed by atoms with van der Waals surface area (Å²) in [4.78, 5) is 22.1. The van der Waals surface area contributed by atoms with Gasteiger partial charge in [0.15, 0.2) is 0 Å². The number of Topliss-reactive ketones (excluding diaryl/α,β-unsaturated/α-hetero) is 1. The number of ketones is 1. The van der Waals surface area contributed by atoms with Crippen LogP contribution in [-0.4, -0.2) is 18.4 Å². The van der Waals surface area contributed by atoms with Gasteiger partial charge in [-0.2, -0.15) is 0 Å². The van der Waals surface area contributed by atoms with E-state index >= 15 is 0 Å². The van der Waals surface area contributed by atoms with Crippen molar-refractivity contribution in [2.75, 3.05) is 6.61 Å². The molecule has 0 saturated heterocycles. The quantitative estimate of drug-likeness (QED) is 0.362. The Morgan fingerprint density at radius 3 is 2.38 bits per heavy atom. The molecule has 0 aromatic rings. The maximum absolute atomic E-state index is 11.1. The Kier molecular flexibility index (Phi) is 6.20. The average molecular weight is 186 g/mol. The van der Waals surface area contributed by atoms with E-state index in [1.807, 2.05) is 6.92 Å². The molecule has 13 heavy (non-hydrogen) atoms. The molecular formula is C10H18O3. The summed E-state index contributed by atoms with van der Waals surface area (Å²) in [5.41, 5.74) is 0. The SMILES string of the molecule is CCCCOC(=O)CC(=O)C(C)C. The number of carbonyl (C=O) groups is 2. The van der Waals surface area contributed by atoms with Gasteiger partial charge < -0.3 is 4.74 Å². The van der Waals surface area contributed by atoms with Gasteiger partial charge in [-0.05, 0) is 6.42 Å². The number of hydrogen-bond acceptors (Lipinski definition) is 3. The Balaban J connectivity index is 3.56. The van der Waals surface area contributed by atoms with Gasteiger partial charge in [-0.25, -0.2) is 0 Å². The van der Waals surface area contributed by atoms with Gasteiger partial charge in [0.25, 0.3) is 0 Å². The van der Waals surface area contributed by atoms with Gasteiger partial charge in [-0.15, -0.1) is 0 Å². The first-order chi connectivity index (χ1) is 6.07. The second-order valence-electron chi connectivity index (χ2n) is 3.37. The van der Waals surface area contributed by atoms with Gasteiger partial charge in [0.2, 0.25) is 0 Å². The first-order valence-corrected chi connectivity index (χ1v) is 4.76. The standard InChI is InChI=1S/C10H18O3/c1-4-5-6-13-10(12)7-9(11)8(2)3/h8H,4-7H2,1-3H3. The molecule has 0 aromatic heterocycles. The summed E-state index contributed by atoms with van der Waals surface area (Å²) in [5, 5.41) is 0. The minimum Gasteiger partial charge on any atom is -0.465 e. The molecular weight excluding hydrogens is 168 g/mol. The predicted molar refractivity (Wildman–Crippen MR) is 50.3 cm³/mol. The largest absolute Gasteiger partial charge is 0.465 e. The van der Waals surface area contributed by atoms with Crippen LogP contribution in [0.3, 0.4) is 0 Å². The molecule has 0 atom stereocenters. The predicted octanol–water partition coefficient (Wildman–Crippen LogP) is 1.94. The van der Waals surface area contributed by atoms with E-state index in [-0.39, 0.29) is 18.1 Å². The molecule has 0 spiro atoms. The van der Waals surface area contributed by atoms with Crippen molar-refractivity contribution < 1.29 is 14.3 Å². The van der Waals surface area contributed by atoms with Gasteiger partial charge in [-0.1, -0.05) is 27.2 Å². The molecule has 0 unspecified atom stereocenters. The van der Waals surface area contributed by atoms with Crippen molar-refractivity contribution in [2.45, 2.75) is 40.0 Å². The summed E-state index contributed by atoms with van der Waals surface area (Å²) in [5.74, 6) is -0.535. The second-order valence-corrected chi connectivity index (χ2v) is 3.37. The molecule has 0 bridgehead atoms. The Morgan fingerprint density at radius 2 is 1.92 bits per heavy atom. The minimum atomic E-state index is -0.396. The fraction of sp³-hybridized carbons (Fsp3) is 0.800. The Hall–Kier alpha value is -0.860. The van der Waals surface area contributed by atoms with Crippen LogP contribution in [-0.2, 0) is 14.3 Å². The summed E-state index contributed by atoms with van der Waals surface area (Å²) >= 11 is 0. The van der Waals surface area contributed by atoms with E-state index in [2.05, 4.69) is 0 Å². The van der Waals surface area contributed by atoms with Crippen LogP contribution >= 0.6 is 0 Å². The molecule has 3 heteroatoms. The Morgan fingerprint density at radius 1 is 1.31 bits per heavy atom. The molecule has 0 rings (SSSR count). The average Bonchev–Trinajstić information content (AvgIpc) is 2.04. The van der Waals surface area contributed by atoms with E-state index in [0.29, 0.717) is 6.61 Å². The highest BCUT2D eigenvalue weighted by atomic mass is 16.5. The molecule has 76 valence electrons. The molecule has 0 heterocycles. The van der Waals surface area contributed by atoms with Crippen LogP contribution in [0.25, 0.3) is 0 Å². The maximum Gasteiger partial charge on any atom is 0.313 e. The molecule has 0 aliphatic carbocycles. The highest BCUT2D eigenvalue weighted by Gasteiger charge is 2.13. The smallest absolute Gasteiger partial charge is 0.313 e. The van der Waals surface area contributed by atoms with E-state index in [4.69, 9.17) is 4.74 Å². The molecule has 0 aliphatic rings. The number of rotatable bonds is 6. The normalized spacial score (nSPS) is 10.2. The first-order valence-electron chi connectivity index (χ1n) is 4.76. The van der Waals surface area contributed by atoms with Gasteiger partial charge in [0, 0.05) is 5.92 Å². The van der Waals surface area contributed by atoms with Crippen LogP contribution in [0.15, 0.2) is 0 Å². The van der Waals surface area contributed by atoms with Crippen molar-refractivity contribution >= 4 is 11.8 Å². The van der Waals surface area contributed by atoms with E-state index < -0.39 is 5.97 Å². The Bertz CT molecular complexity index is 173. The second kappa shape index (κ2) is 6.63. The zero-order chi connectivity index (χ0) is 10.3. The third kappa shape index (κ3) is 6.31. The lowest BCUT2D eigenvalue weighted by Gasteiger charge is -2.04. The topological polar surface area (TPSA) is 43.4 Å². The van der Waals surface area contributed by atoms with Crippen LogP contribution in [0.5, 0.6) is 0 Å². The highest BCUT2D eigenvalue weighted by molar-refractivity contribution is 5.96. The lowest BCUT2D eigenvalue weighted by molar-refractivity contribution is -0.146. The van der Waals surface area contributed by atoms with Crippen molar-refractivity contribution in [3.05, 3.63) is 0 Å². The molecule has 0 aromatic carbocycles. The number of unbranched alkanes of at least 4 members (excludes halogenated alkanes) is 1. The zero-order valence-corrected chi connectivity index (χ0v) is 8.63. The summed E-state index contributed by atoms with van der Waals surface area (Å²) in [6.45, 7) is 6.01. The van der Waals surface area contributed by atoms with Gasteiger partial charge in [0.05, 0.1) is 6.61 Å². The van der Waals surface area contributed by atoms with Crippen LogP contribution in [0.2, 0.25) is 0 Å². The van der Waals surface area contributed by atoms with Crippen LogP contribution in [0.1, 0.15) is 40.0 Å². The molecule has 0 amide bonds. The number of esters is 1. The van der Waals surface area contributed by atoms with E-state index in [1.165, 1.54) is 0 Å². The van der Waals surface area contributed by atoms with Crippen molar-refractivity contribution in [2.24, 2.45) is 5.92 Å². The fourth-order valence-electron chi connectivity index (χ4n) is 0.728. The summed E-state index contributed by atoms with van der Waals surface area (Å²) in [6.07, 6.45) is 1.77. The fourth-order valence-corrected chi connectivity index (χ4v) is 0.728.